The molecule has 0 radical (unpaired) electrons. The highest BCUT2D eigenvalue weighted by molar-refractivity contribution is 7.53. The zero-order valence-electron chi connectivity index (χ0n) is 9.54. The minimum Gasteiger partial charge on any atom is -0.508 e. The van der Waals surface area contributed by atoms with Gasteiger partial charge in [-0.2, -0.15) is 0 Å². The summed E-state index contributed by atoms with van der Waals surface area (Å²) in [5.41, 5.74) is 0. The number of hydrogen-bond donors (Lipinski definition) is 1. The Labute approximate surface area is 105 Å². The van der Waals surface area contributed by atoms with E-state index in [1.807, 2.05) is 0 Å². The molecule has 1 unspecified atom stereocenters. The molecular weight excluding hydrogens is 255 g/mol. The number of rotatable bonds is 5. The monoisotopic (exact) mass is 267 g/mol. The van der Waals surface area contributed by atoms with Gasteiger partial charge >= 0.3 is 19.7 Å². The minimum absolute atomic E-state index is 0.0141. The molecule has 0 saturated carbocycles. The van der Waals surface area contributed by atoms with Gasteiger partial charge in [0, 0.05) is 12.1 Å². The first-order valence-electron chi connectivity index (χ1n) is 5.13. The van der Waals surface area contributed by atoms with Crippen molar-refractivity contribution >= 4 is 25.0 Å². The molecule has 0 aliphatic carbocycles. The Balaban J connectivity index is 2.49. The molecule has 0 aliphatic heterocycles. The van der Waals surface area contributed by atoms with Crippen LogP contribution in [0, 0.1) is 0 Å². The van der Waals surface area contributed by atoms with E-state index in [2.05, 4.69) is 11.3 Å². The van der Waals surface area contributed by atoms with Crippen LogP contribution < -0.4 is 5.30 Å². The predicted octanol–water partition coefficient (Wildman–Crippen LogP) is 1.49. The second kappa shape index (κ2) is 6.67. The lowest BCUT2D eigenvalue weighted by atomic mass is 10.3. The molecule has 0 saturated heterocycles. The van der Waals surface area contributed by atoms with Crippen molar-refractivity contribution in [3.63, 3.8) is 0 Å². The summed E-state index contributed by atoms with van der Waals surface area (Å²) in [4.78, 5) is 21.9. The molecule has 18 heavy (non-hydrogen) atoms. The number of carbonyl (C=O) groups is 2. The molecule has 0 bridgehead atoms. The number of esters is 2. The number of ether oxygens (including phenoxy) is 1. The van der Waals surface area contributed by atoms with E-state index in [0.29, 0.717) is 5.30 Å². The summed E-state index contributed by atoms with van der Waals surface area (Å²) in [7, 11) is -1.80. The van der Waals surface area contributed by atoms with E-state index in [1.165, 1.54) is 12.1 Å². The quantitative estimate of drug-likeness (QED) is 0.378. The van der Waals surface area contributed by atoms with Crippen LogP contribution in [-0.2, 0) is 18.9 Å². The standard InChI is InChI=1S/C12H11O5P/c1-2-11(14)17-12(15)6-7-18(16)10-5-3-4-9(13)8-10/h2-5,8H,1,6-7H2/p+1. The Bertz CT molecular complexity index is 495. The van der Waals surface area contributed by atoms with Gasteiger partial charge in [0.25, 0.3) is 0 Å². The topological polar surface area (TPSA) is 80.7 Å². The second-order valence-electron chi connectivity index (χ2n) is 3.37. The smallest absolute Gasteiger partial charge is 0.377 e. The van der Waals surface area contributed by atoms with E-state index in [-0.39, 0.29) is 18.3 Å². The molecule has 0 fully saturated rings. The third-order valence-corrected chi connectivity index (χ3v) is 3.50. The average Bonchev–Trinajstić information content (AvgIpc) is 2.35. The number of phenolic OH excluding ortho intramolecular Hbond substituents is 1. The molecule has 1 aromatic carbocycles. The van der Waals surface area contributed by atoms with Gasteiger partial charge < -0.3 is 9.84 Å². The summed E-state index contributed by atoms with van der Waals surface area (Å²) in [6, 6.07) is 6.00. The summed E-state index contributed by atoms with van der Waals surface area (Å²) >= 11 is 0. The summed E-state index contributed by atoms with van der Waals surface area (Å²) in [5.74, 6) is -1.56. The molecule has 1 rings (SSSR count). The molecule has 0 aromatic heterocycles. The van der Waals surface area contributed by atoms with Gasteiger partial charge in [0.05, 0.1) is 6.42 Å². The van der Waals surface area contributed by atoms with Gasteiger partial charge in [-0.05, 0) is 12.1 Å². The zero-order valence-corrected chi connectivity index (χ0v) is 10.4. The molecule has 1 N–H and O–H groups in total. The Kier molecular flexibility index (Phi) is 5.21. The second-order valence-corrected chi connectivity index (χ2v) is 5.09. The van der Waals surface area contributed by atoms with Crippen LogP contribution in [0.4, 0.5) is 0 Å². The molecule has 0 aliphatic rings. The summed E-state index contributed by atoms with van der Waals surface area (Å²) in [6.45, 7) is 3.15. The van der Waals surface area contributed by atoms with E-state index in [0.717, 1.165) is 6.08 Å². The SMILES string of the molecule is C=CC(=O)OC(=O)CC[P+](=O)c1cccc(O)c1. The van der Waals surface area contributed by atoms with Crippen LogP contribution in [-0.4, -0.2) is 23.2 Å². The van der Waals surface area contributed by atoms with Crippen LogP contribution in [0.25, 0.3) is 0 Å². The molecule has 94 valence electrons. The van der Waals surface area contributed by atoms with E-state index in [9.17, 15) is 19.3 Å². The number of hydrogen-bond acceptors (Lipinski definition) is 5. The van der Waals surface area contributed by atoms with Crippen molar-refractivity contribution in [2.45, 2.75) is 6.42 Å². The highest BCUT2D eigenvalue weighted by atomic mass is 31.1. The third-order valence-electron chi connectivity index (χ3n) is 2.02. The molecular formula is C12H12O5P+. The van der Waals surface area contributed by atoms with Crippen molar-refractivity contribution in [3.05, 3.63) is 36.9 Å². The van der Waals surface area contributed by atoms with Crippen LogP contribution >= 0.6 is 7.80 Å². The first kappa shape index (κ1) is 14.1. The fourth-order valence-electron chi connectivity index (χ4n) is 1.17. The van der Waals surface area contributed by atoms with Crippen molar-refractivity contribution in [2.75, 3.05) is 6.16 Å². The molecule has 1 aromatic rings. The number of carbonyl (C=O) groups excluding carboxylic acids is 2. The van der Waals surface area contributed by atoms with E-state index < -0.39 is 19.7 Å². The first-order chi connectivity index (χ1) is 8.52. The van der Waals surface area contributed by atoms with Gasteiger partial charge in [-0.25, -0.2) is 4.79 Å². The summed E-state index contributed by atoms with van der Waals surface area (Å²) in [6.07, 6.45) is 0.805. The van der Waals surface area contributed by atoms with Gasteiger partial charge in [0.2, 0.25) is 0 Å². The largest absolute Gasteiger partial charge is 0.508 e. The van der Waals surface area contributed by atoms with Crippen molar-refractivity contribution in [1.29, 1.82) is 0 Å². The van der Waals surface area contributed by atoms with Gasteiger partial charge in [-0.15, -0.1) is 0 Å². The lowest BCUT2D eigenvalue weighted by Gasteiger charge is -1.95. The Hall–Kier alpha value is -2.00. The maximum atomic E-state index is 11.8. The van der Waals surface area contributed by atoms with Crippen molar-refractivity contribution in [1.82, 2.24) is 0 Å². The maximum absolute atomic E-state index is 11.8. The number of benzene rings is 1. The van der Waals surface area contributed by atoms with Crippen molar-refractivity contribution in [3.8, 4) is 5.75 Å². The highest BCUT2D eigenvalue weighted by Crippen LogP contribution is 2.23. The van der Waals surface area contributed by atoms with Crippen LogP contribution in [0.5, 0.6) is 5.75 Å². The minimum atomic E-state index is -1.80. The summed E-state index contributed by atoms with van der Waals surface area (Å²) < 4.78 is 16.1. The average molecular weight is 267 g/mol. The fraction of sp³-hybridized carbons (Fsp3) is 0.167. The third kappa shape index (κ3) is 4.47. The van der Waals surface area contributed by atoms with Crippen molar-refractivity contribution < 1.29 is 24.0 Å². The fourth-order valence-corrected chi connectivity index (χ4v) is 2.35. The lowest BCUT2D eigenvalue weighted by molar-refractivity contribution is -0.155. The van der Waals surface area contributed by atoms with E-state index in [4.69, 9.17) is 0 Å². The van der Waals surface area contributed by atoms with Crippen LogP contribution in [0.15, 0.2) is 36.9 Å². The number of aromatic hydroxyl groups is 1. The Morgan fingerprint density at radius 3 is 2.78 bits per heavy atom. The Morgan fingerprint density at radius 2 is 2.17 bits per heavy atom. The van der Waals surface area contributed by atoms with Gasteiger partial charge in [0.1, 0.15) is 5.75 Å². The van der Waals surface area contributed by atoms with E-state index in [1.54, 1.807) is 12.1 Å². The Morgan fingerprint density at radius 1 is 1.44 bits per heavy atom. The maximum Gasteiger partial charge on any atom is 0.377 e. The molecule has 6 heteroatoms. The first-order valence-corrected chi connectivity index (χ1v) is 6.58. The van der Waals surface area contributed by atoms with Gasteiger partial charge in [-0.1, -0.05) is 17.2 Å². The molecule has 0 heterocycles. The highest BCUT2D eigenvalue weighted by Gasteiger charge is 2.22. The molecule has 1 atom stereocenters. The normalized spacial score (nSPS) is 10.6. The number of phenols is 1. The van der Waals surface area contributed by atoms with Crippen LogP contribution in [0.1, 0.15) is 6.42 Å². The lowest BCUT2D eigenvalue weighted by Crippen LogP contribution is -2.11. The molecule has 0 amide bonds. The van der Waals surface area contributed by atoms with E-state index >= 15 is 0 Å². The molecule has 0 spiro atoms. The van der Waals surface area contributed by atoms with Crippen LogP contribution in [0.2, 0.25) is 0 Å². The zero-order chi connectivity index (χ0) is 13.5. The molecule has 5 nitrogen and oxygen atoms in total. The predicted molar refractivity (Wildman–Crippen MR) is 66.1 cm³/mol. The van der Waals surface area contributed by atoms with Gasteiger partial charge in [-0.3, -0.25) is 4.79 Å². The van der Waals surface area contributed by atoms with Crippen molar-refractivity contribution in [2.24, 2.45) is 0 Å². The van der Waals surface area contributed by atoms with Crippen LogP contribution in [0.3, 0.4) is 0 Å². The van der Waals surface area contributed by atoms with Gasteiger partial charge in [0.15, 0.2) is 11.5 Å². The summed E-state index contributed by atoms with van der Waals surface area (Å²) in [5, 5.41) is 9.67.